The molecule has 142 valence electrons. The summed E-state index contributed by atoms with van der Waals surface area (Å²) in [4.78, 5) is 17.0. The number of carbonyl (C=O) groups excluding carboxylic acids is 1. The Balaban J connectivity index is 1.72. The highest BCUT2D eigenvalue weighted by atomic mass is 32.1. The first kappa shape index (κ1) is 17.9. The van der Waals surface area contributed by atoms with E-state index >= 15 is 0 Å². The van der Waals surface area contributed by atoms with Crippen LogP contribution >= 0.6 is 11.5 Å². The Morgan fingerprint density at radius 3 is 2.70 bits per heavy atom. The third-order valence-corrected chi connectivity index (χ3v) is 5.37. The maximum absolute atomic E-state index is 13.2. The molecule has 0 saturated heterocycles. The van der Waals surface area contributed by atoms with Gasteiger partial charge in [0.2, 0.25) is 0 Å². The molecule has 1 aliphatic rings. The van der Waals surface area contributed by atoms with Crippen molar-refractivity contribution >= 4 is 23.1 Å². The van der Waals surface area contributed by atoms with Crippen LogP contribution in [0.4, 0.5) is 13.2 Å². The molecule has 0 spiro atoms. The second-order valence-corrected chi connectivity index (χ2v) is 7.35. The Kier molecular flexibility index (Phi) is 4.17. The van der Waals surface area contributed by atoms with Crippen molar-refractivity contribution in [3.05, 3.63) is 34.6 Å². The molecule has 0 aromatic carbocycles. The fraction of sp³-hybridized carbons (Fsp3) is 0.412. The van der Waals surface area contributed by atoms with E-state index < -0.39 is 24.0 Å². The molecule has 0 aliphatic heterocycles. The van der Waals surface area contributed by atoms with Gasteiger partial charge in [-0.1, -0.05) is 0 Å². The Labute approximate surface area is 156 Å². The molecule has 1 N–H and O–H groups in total. The summed E-state index contributed by atoms with van der Waals surface area (Å²) in [6.45, 7) is 3.64. The first-order valence-electron chi connectivity index (χ1n) is 8.40. The van der Waals surface area contributed by atoms with Crippen LogP contribution in [0.1, 0.15) is 34.6 Å². The number of amides is 1. The minimum Gasteiger partial charge on any atom is -0.340 e. The van der Waals surface area contributed by atoms with E-state index in [2.05, 4.69) is 19.8 Å². The summed E-state index contributed by atoms with van der Waals surface area (Å²) >= 11 is 1.29. The van der Waals surface area contributed by atoms with Crippen molar-refractivity contribution in [1.82, 2.24) is 24.3 Å². The maximum Gasteiger partial charge on any atom is 0.408 e. The highest BCUT2D eigenvalue weighted by Crippen LogP contribution is 2.40. The van der Waals surface area contributed by atoms with E-state index in [0.29, 0.717) is 24.2 Å². The van der Waals surface area contributed by atoms with E-state index in [1.54, 1.807) is 13.0 Å². The first-order chi connectivity index (χ1) is 12.8. The third-order valence-electron chi connectivity index (χ3n) is 4.65. The zero-order valence-corrected chi connectivity index (χ0v) is 15.4. The quantitative estimate of drug-likeness (QED) is 0.734. The molecule has 6 nitrogen and oxygen atoms in total. The molecule has 1 atom stereocenters. The summed E-state index contributed by atoms with van der Waals surface area (Å²) in [5, 5.41) is 8.09. The second-order valence-electron chi connectivity index (χ2n) is 6.72. The number of aryl methyl sites for hydroxylation is 2. The minimum absolute atomic E-state index is 0.0238. The Bertz CT molecular complexity index is 1020. The van der Waals surface area contributed by atoms with Gasteiger partial charge in [-0.3, -0.25) is 4.79 Å². The Morgan fingerprint density at radius 1 is 1.37 bits per heavy atom. The third kappa shape index (κ3) is 3.29. The number of aromatic nitrogens is 4. The summed E-state index contributed by atoms with van der Waals surface area (Å²) in [6, 6.07) is -0.0336. The summed E-state index contributed by atoms with van der Waals surface area (Å²) in [7, 11) is 0. The number of rotatable bonds is 4. The summed E-state index contributed by atoms with van der Waals surface area (Å²) < 4.78 is 45.4. The molecule has 0 bridgehead atoms. The van der Waals surface area contributed by atoms with Crippen LogP contribution in [0.25, 0.3) is 16.9 Å². The topological polar surface area (TPSA) is 72.2 Å². The number of fused-ring (bicyclic) bond motifs is 1. The van der Waals surface area contributed by atoms with Crippen LogP contribution in [0.15, 0.2) is 17.6 Å². The van der Waals surface area contributed by atoms with Crippen molar-refractivity contribution in [1.29, 1.82) is 0 Å². The van der Waals surface area contributed by atoms with Gasteiger partial charge in [0.25, 0.3) is 5.91 Å². The molecular formula is C17H16F3N5OS. The van der Waals surface area contributed by atoms with Crippen molar-refractivity contribution in [2.75, 3.05) is 0 Å². The molecule has 3 heterocycles. The molecule has 3 aromatic rings. The van der Waals surface area contributed by atoms with Gasteiger partial charge < -0.3 is 5.32 Å². The molecule has 1 saturated carbocycles. The van der Waals surface area contributed by atoms with Crippen molar-refractivity contribution < 1.29 is 18.0 Å². The zero-order chi connectivity index (χ0) is 19.3. The number of hydrogen-bond acceptors (Lipinski definition) is 5. The number of halogens is 3. The van der Waals surface area contributed by atoms with Crippen LogP contribution in [-0.2, 0) is 0 Å². The van der Waals surface area contributed by atoms with Gasteiger partial charge in [-0.15, -0.1) is 0 Å². The molecule has 0 unspecified atom stereocenters. The van der Waals surface area contributed by atoms with Gasteiger partial charge in [-0.25, -0.2) is 9.50 Å². The molecule has 3 aromatic heterocycles. The Morgan fingerprint density at radius 2 is 2.11 bits per heavy atom. The number of nitrogens with zero attached hydrogens (tertiary/aromatic N) is 4. The highest BCUT2D eigenvalue weighted by molar-refractivity contribution is 7.04. The zero-order valence-electron chi connectivity index (χ0n) is 14.5. The van der Waals surface area contributed by atoms with E-state index in [1.165, 1.54) is 22.2 Å². The predicted molar refractivity (Wildman–Crippen MR) is 93.6 cm³/mol. The van der Waals surface area contributed by atoms with Gasteiger partial charge in [0.15, 0.2) is 5.65 Å². The fourth-order valence-electron chi connectivity index (χ4n) is 3.06. The number of alkyl halides is 3. The van der Waals surface area contributed by atoms with Gasteiger partial charge in [-0.2, -0.15) is 22.6 Å². The minimum atomic E-state index is -4.48. The van der Waals surface area contributed by atoms with E-state index in [-0.39, 0.29) is 11.2 Å². The molecule has 4 rings (SSSR count). The lowest BCUT2D eigenvalue weighted by Crippen LogP contribution is -2.46. The van der Waals surface area contributed by atoms with Crippen LogP contribution in [0, 0.1) is 19.8 Å². The Hall–Kier alpha value is -2.49. The van der Waals surface area contributed by atoms with Gasteiger partial charge in [0.1, 0.15) is 11.6 Å². The first-order valence-corrected chi connectivity index (χ1v) is 9.23. The largest absolute Gasteiger partial charge is 0.408 e. The maximum atomic E-state index is 13.2. The molecule has 10 heteroatoms. The standard InChI is InChI=1S/C17H16F3N5OS/c1-8-5-13(12-7-27-24-9(12)2)22-15-11(6-21-25(8)15)16(26)23-14(10-3-4-10)17(18,19)20/h5-7,10,14H,3-4H2,1-2H3,(H,23,26)/t14-/m1/s1. The van der Waals surface area contributed by atoms with Crippen molar-refractivity contribution in [3.8, 4) is 11.3 Å². The van der Waals surface area contributed by atoms with E-state index in [9.17, 15) is 18.0 Å². The monoisotopic (exact) mass is 395 g/mol. The number of hydrogen-bond donors (Lipinski definition) is 1. The van der Waals surface area contributed by atoms with Crippen molar-refractivity contribution in [3.63, 3.8) is 0 Å². The lowest BCUT2D eigenvalue weighted by Gasteiger charge is -2.20. The molecular weight excluding hydrogens is 379 g/mol. The second kappa shape index (κ2) is 6.29. The molecule has 1 fully saturated rings. The lowest BCUT2D eigenvalue weighted by molar-refractivity contribution is -0.158. The van der Waals surface area contributed by atoms with Crippen LogP contribution in [0.3, 0.4) is 0 Å². The number of nitrogens with one attached hydrogen (secondary N) is 1. The SMILES string of the molecule is Cc1nscc1-c1cc(C)n2ncc(C(=O)N[C@H](C3CC3)C(F)(F)F)c2n1. The van der Waals surface area contributed by atoms with Crippen LogP contribution in [-0.4, -0.2) is 37.1 Å². The molecule has 1 amide bonds. The molecule has 1 aliphatic carbocycles. The lowest BCUT2D eigenvalue weighted by atomic mass is 10.1. The van der Waals surface area contributed by atoms with Crippen LogP contribution < -0.4 is 5.32 Å². The van der Waals surface area contributed by atoms with Crippen molar-refractivity contribution in [2.24, 2.45) is 5.92 Å². The predicted octanol–water partition coefficient (Wildman–Crippen LogP) is 3.54. The highest BCUT2D eigenvalue weighted by Gasteiger charge is 2.49. The van der Waals surface area contributed by atoms with E-state index in [1.807, 2.05) is 12.3 Å². The average molecular weight is 395 g/mol. The van der Waals surface area contributed by atoms with Gasteiger partial charge in [0, 0.05) is 16.6 Å². The fourth-order valence-corrected chi connectivity index (χ4v) is 3.77. The summed E-state index contributed by atoms with van der Waals surface area (Å²) in [5.74, 6) is -1.37. The average Bonchev–Trinajstić information content (AvgIpc) is 3.17. The molecule has 0 radical (unpaired) electrons. The van der Waals surface area contributed by atoms with E-state index in [0.717, 1.165) is 11.3 Å². The van der Waals surface area contributed by atoms with Crippen molar-refractivity contribution in [2.45, 2.75) is 38.9 Å². The molecule has 27 heavy (non-hydrogen) atoms. The van der Waals surface area contributed by atoms with E-state index in [4.69, 9.17) is 0 Å². The van der Waals surface area contributed by atoms with Gasteiger partial charge in [-0.05, 0) is 50.2 Å². The van der Waals surface area contributed by atoms with Gasteiger partial charge >= 0.3 is 6.18 Å². The van der Waals surface area contributed by atoms with Gasteiger partial charge in [0.05, 0.1) is 17.6 Å². The summed E-state index contributed by atoms with van der Waals surface area (Å²) in [6.07, 6.45) is -2.29. The normalized spacial score (nSPS) is 15.9. The summed E-state index contributed by atoms with van der Waals surface area (Å²) in [5.41, 5.74) is 3.20. The number of carbonyl (C=O) groups is 1. The smallest absolute Gasteiger partial charge is 0.340 e. The van der Waals surface area contributed by atoms with Crippen LogP contribution in [0.2, 0.25) is 0 Å². The van der Waals surface area contributed by atoms with Crippen LogP contribution in [0.5, 0.6) is 0 Å².